The molecule has 1 heterocycles. The molecular weight excluding hydrogens is 288 g/mol. The SMILES string of the molecule is CCSc1cccc(OCC2CCCCO2)c1/C(N)=N/O. The third-order valence-corrected chi connectivity index (χ3v) is 4.29. The van der Waals surface area contributed by atoms with E-state index in [0.29, 0.717) is 17.9 Å². The molecule has 0 bridgehead atoms. The molecule has 1 aliphatic rings. The number of hydrogen-bond acceptors (Lipinski definition) is 5. The number of rotatable bonds is 6. The fraction of sp³-hybridized carbons (Fsp3) is 0.533. The second-order valence-electron chi connectivity index (χ2n) is 4.85. The highest BCUT2D eigenvalue weighted by Crippen LogP contribution is 2.30. The van der Waals surface area contributed by atoms with E-state index in [9.17, 15) is 0 Å². The zero-order valence-corrected chi connectivity index (χ0v) is 13.1. The van der Waals surface area contributed by atoms with Crippen LogP contribution in [-0.2, 0) is 4.74 Å². The maximum absolute atomic E-state index is 9.00. The van der Waals surface area contributed by atoms with Crippen molar-refractivity contribution in [2.75, 3.05) is 19.0 Å². The summed E-state index contributed by atoms with van der Waals surface area (Å²) >= 11 is 1.64. The molecule has 6 heteroatoms. The highest BCUT2D eigenvalue weighted by molar-refractivity contribution is 7.99. The third-order valence-electron chi connectivity index (χ3n) is 3.35. The lowest BCUT2D eigenvalue weighted by Crippen LogP contribution is -2.26. The van der Waals surface area contributed by atoms with Crippen LogP contribution >= 0.6 is 11.8 Å². The number of hydrogen-bond donors (Lipinski definition) is 2. The van der Waals surface area contributed by atoms with E-state index >= 15 is 0 Å². The molecule has 0 aliphatic carbocycles. The number of amidine groups is 1. The standard InChI is InChI=1S/C15H22N2O3S/c1-2-21-13-8-5-7-12(14(13)15(16)17-18)20-10-11-6-3-4-9-19-11/h5,7-8,11,18H,2-4,6,9-10H2,1H3,(H2,16,17). The van der Waals surface area contributed by atoms with Crippen molar-refractivity contribution >= 4 is 17.6 Å². The van der Waals surface area contributed by atoms with Gasteiger partial charge in [-0.1, -0.05) is 18.1 Å². The van der Waals surface area contributed by atoms with Crippen LogP contribution in [-0.4, -0.2) is 36.1 Å². The summed E-state index contributed by atoms with van der Waals surface area (Å²) in [5, 5.41) is 12.1. The van der Waals surface area contributed by atoms with E-state index < -0.39 is 0 Å². The van der Waals surface area contributed by atoms with E-state index in [1.807, 2.05) is 18.2 Å². The van der Waals surface area contributed by atoms with Crippen LogP contribution in [0.4, 0.5) is 0 Å². The second kappa shape index (κ2) is 8.14. The van der Waals surface area contributed by atoms with Crippen LogP contribution in [0.15, 0.2) is 28.3 Å². The van der Waals surface area contributed by atoms with Crippen LogP contribution < -0.4 is 10.5 Å². The molecular formula is C15H22N2O3S. The Hall–Kier alpha value is -1.40. The van der Waals surface area contributed by atoms with Crippen molar-refractivity contribution < 1.29 is 14.7 Å². The van der Waals surface area contributed by atoms with Crippen molar-refractivity contribution in [1.82, 2.24) is 0 Å². The van der Waals surface area contributed by atoms with Crippen LogP contribution in [0.25, 0.3) is 0 Å². The first-order valence-electron chi connectivity index (χ1n) is 7.24. The van der Waals surface area contributed by atoms with Crippen molar-refractivity contribution in [3.63, 3.8) is 0 Å². The summed E-state index contributed by atoms with van der Waals surface area (Å²) in [4.78, 5) is 0.954. The monoisotopic (exact) mass is 310 g/mol. The summed E-state index contributed by atoms with van der Waals surface area (Å²) in [7, 11) is 0. The van der Waals surface area contributed by atoms with E-state index in [2.05, 4.69) is 12.1 Å². The van der Waals surface area contributed by atoms with E-state index in [4.69, 9.17) is 20.4 Å². The number of nitrogens with two attached hydrogens (primary N) is 1. The number of benzene rings is 1. The minimum absolute atomic E-state index is 0.0751. The van der Waals surface area contributed by atoms with Gasteiger partial charge in [0.1, 0.15) is 12.4 Å². The molecule has 1 fully saturated rings. The molecule has 1 saturated heterocycles. The molecule has 1 aromatic carbocycles. The summed E-state index contributed by atoms with van der Waals surface area (Å²) in [6.45, 7) is 3.35. The molecule has 0 saturated carbocycles. The molecule has 1 aromatic rings. The van der Waals surface area contributed by atoms with Crippen molar-refractivity contribution in [3.05, 3.63) is 23.8 Å². The zero-order valence-electron chi connectivity index (χ0n) is 12.2. The minimum atomic E-state index is 0.0751. The van der Waals surface area contributed by atoms with Gasteiger partial charge in [-0.25, -0.2) is 0 Å². The summed E-state index contributed by atoms with van der Waals surface area (Å²) < 4.78 is 11.5. The molecule has 2 rings (SSSR count). The molecule has 0 radical (unpaired) electrons. The van der Waals surface area contributed by atoms with Gasteiger partial charge in [-0.2, -0.15) is 0 Å². The Kier molecular flexibility index (Phi) is 6.20. The van der Waals surface area contributed by atoms with Gasteiger partial charge in [0.25, 0.3) is 0 Å². The number of ether oxygens (including phenoxy) is 2. The average molecular weight is 310 g/mol. The maximum Gasteiger partial charge on any atom is 0.174 e. The highest BCUT2D eigenvalue weighted by Gasteiger charge is 2.18. The van der Waals surface area contributed by atoms with Crippen molar-refractivity contribution in [3.8, 4) is 5.75 Å². The van der Waals surface area contributed by atoms with E-state index in [-0.39, 0.29) is 11.9 Å². The number of nitrogens with zero attached hydrogens (tertiary/aromatic N) is 1. The van der Waals surface area contributed by atoms with Gasteiger partial charge in [-0.3, -0.25) is 0 Å². The van der Waals surface area contributed by atoms with Crippen LogP contribution in [0.2, 0.25) is 0 Å². The Bertz CT molecular complexity index is 488. The minimum Gasteiger partial charge on any atom is -0.490 e. The number of oxime groups is 1. The maximum atomic E-state index is 9.00. The van der Waals surface area contributed by atoms with Gasteiger partial charge < -0.3 is 20.4 Å². The summed E-state index contributed by atoms with van der Waals surface area (Å²) in [5.74, 6) is 1.62. The Morgan fingerprint density at radius 1 is 1.52 bits per heavy atom. The third kappa shape index (κ3) is 4.28. The molecule has 0 spiro atoms. The predicted octanol–water partition coefficient (Wildman–Crippen LogP) is 2.84. The lowest BCUT2D eigenvalue weighted by Gasteiger charge is -2.23. The quantitative estimate of drug-likeness (QED) is 0.278. The van der Waals surface area contributed by atoms with Gasteiger partial charge in [0, 0.05) is 11.5 Å². The molecule has 1 aliphatic heterocycles. The van der Waals surface area contributed by atoms with Crippen LogP contribution in [0.5, 0.6) is 5.75 Å². The first kappa shape index (κ1) is 16.0. The van der Waals surface area contributed by atoms with Gasteiger partial charge in [0.15, 0.2) is 5.84 Å². The zero-order chi connectivity index (χ0) is 15.1. The lowest BCUT2D eigenvalue weighted by molar-refractivity contribution is -0.0111. The van der Waals surface area contributed by atoms with E-state index in [1.165, 1.54) is 6.42 Å². The molecule has 1 atom stereocenters. The smallest absolute Gasteiger partial charge is 0.174 e. The predicted molar refractivity (Wildman–Crippen MR) is 84.4 cm³/mol. The number of thioether (sulfide) groups is 1. The summed E-state index contributed by atoms with van der Waals surface area (Å²) in [5.41, 5.74) is 6.47. The fourth-order valence-electron chi connectivity index (χ4n) is 2.33. The Morgan fingerprint density at radius 2 is 2.38 bits per heavy atom. The highest BCUT2D eigenvalue weighted by atomic mass is 32.2. The molecule has 0 aromatic heterocycles. The molecule has 21 heavy (non-hydrogen) atoms. The molecule has 3 N–H and O–H groups in total. The molecule has 1 unspecified atom stereocenters. The first-order valence-corrected chi connectivity index (χ1v) is 8.23. The van der Waals surface area contributed by atoms with Crippen LogP contribution in [0.3, 0.4) is 0 Å². The van der Waals surface area contributed by atoms with Gasteiger partial charge in [0.2, 0.25) is 0 Å². The van der Waals surface area contributed by atoms with Gasteiger partial charge in [-0.05, 0) is 37.1 Å². The second-order valence-corrected chi connectivity index (χ2v) is 6.15. The fourth-order valence-corrected chi connectivity index (χ4v) is 3.17. The molecule has 0 amide bonds. The summed E-state index contributed by atoms with van der Waals surface area (Å²) in [6.07, 6.45) is 3.44. The topological polar surface area (TPSA) is 77.1 Å². The molecule has 116 valence electrons. The van der Waals surface area contributed by atoms with E-state index in [1.54, 1.807) is 11.8 Å². The lowest BCUT2D eigenvalue weighted by atomic mass is 10.1. The van der Waals surface area contributed by atoms with Gasteiger partial charge in [0.05, 0.1) is 11.7 Å². The Labute approximate surface area is 129 Å². The largest absolute Gasteiger partial charge is 0.490 e. The molecule has 5 nitrogen and oxygen atoms in total. The summed E-state index contributed by atoms with van der Waals surface area (Å²) in [6, 6.07) is 5.71. The van der Waals surface area contributed by atoms with Gasteiger partial charge >= 0.3 is 0 Å². The normalized spacial score (nSPS) is 19.5. The van der Waals surface area contributed by atoms with Crippen LogP contribution in [0.1, 0.15) is 31.7 Å². The van der Waals surface area contributed by atoms with Crippen molar-refractivity contribution in [2.24, 2.45) is 10.9 Å². The Balaban J connectivity index is 2.15. The Morgan fingerprint density at radius 3 is 3.05 bits per heavy atom. The average Bonchev–Trinajstić information content (AvgIpc) is 2.53. The van der Waals surface area contributed by atoms with E-state index in [0.717, 1.165) is 30.1 Å². The van der Waals surface area contributed by atoms with Gasteiger partial charge in [-0.15, -0.1) is 11.8 Å². The first-order chi connectivity index (χ1) is 10.3. The van der Waals surface area contributed by atoms with Crippen molar-refractivity contribution in [2.45, 2.75) is 37.2 Å². The van der Waals surface area contributed by atoms with Crippen molar-refractivity contribution in [1.29, 1.82) is 0 Å². The van der Waals surface area contributed by atoms with Crippen LogP contribution in [0, 0.1) is 0 Å².